The van der Waals surface area contributed by atoms with E-state index in [1.807, 2.05) is 0 Å². The summed E-state index contributed by atoms with van der Waals surface area (Å²) in [6.45, 7) is 1.43. The Hall–Kier alpha value is -2.86. The minimum atomic E-state index is -0.491. The summed E-state index contributed by atoms with van der Waals surface area (Å²) >= 11 is 6.06. The molecule has 2 aromatic carbocycles. The second-order valence-electron chi connectivity index (χ2n) is 5.22. The van der Waals surface area contributed by atoms with E-state index in [-0.39, 0.29) is 18.2 Å². The monoisotopic (exact) mass is 360 g/mol. The summed E-state index contributed by atoms with van der Waals surface area (Å²) in [6.07, 6.45) is 0. The number of nitrogens with one attached hydrogen (secondary N) is 2. The lowest BCUT2D eigenvalue weighted by atomic mass is 10.1. The number of methoxy groups -OCH3 is 1. The van der Waals surface area contributed by atoms with E-state index < -0.39 is 5.97 Å². The molecule has 0 atom stereocenters. The van der Waals surface area contributed by atoms with Gasteiger partial charge in [0.25, 0.3) is 0 Å². The normalized spacial score (nSPS) is 10.0. The Morgan fingerprint density at radius 3 is 2.28 bits per heavy atom. The van der Waals surface area contributed by atoms with Crippen molar-refractivity contribution in [1.29, 1.82) is 0 Å². The summed E-state index contributed by atoms with van der Waals surface area (Å²) in [4.78, 5) is 34.8. The summed E-state index contributed by atoms with van der Waals surface area (Å²) in [6, 6.07) is 11.2. The molecule has 0 fully saturated rings. The lowest BCUT2D eigenvalue weighted by molar-refractivity contribution is -0.114. The second kappa shape index (κ2) is 8.30. The highest BCUT2D eigenvalue weighted by Crippen LogP contribution is 2.23. The van der Waals surface area contributed by atoms with Gasteiger partial charge in [-0.15, -0.1) is 0 Å². The third-order valence-corrected chi connectivity index (χ3v) is 3.73. The van der Waals surface area contributed by atoms with Crippen molar-refractivity contribution >= 4 is 40.6 Å². The number of Topliss-reactive ketones (excluding diaryl/α,β-unsaturated/α-hetero) is 1. The van der Waals surface area contributed by atoms with Gasteiger partial charge in [-0.25, -0.2) is 4.79 Å². The fourth-order valence-corrected chi connectivity index (χ4v) is 2.26. The van der Waals surface area contributed by atoms with Gasteiger partial charge in [0.1, 0.15) is 0 Å². The van der Waals surface area contributed by atoms with Crippen LogP contribution in [-0.2, 0) is 9.53 Å². The molecule has 0 aliphatic rings. The number of anilines is 2. The maximum atomic E-state index is 12.0. The van der Waals surface area contributed by atoms with Crippen molar-refractivity contribution in [2.24, 2.45) is 0 Å². The van der Waals surface area contributed by atoms with E-state index in [1.54, 1.807) is 30.3 Å². The minimum Gasteiger partial charge on any atom is -0.465 e. The fraction of sp³-hybridized carbons (Fsp3) is 0.167. The Kier molecular flexibility index (Phi) is 6.14. The van der Waals surface area contributed by atoms with Crippen molar-refractivity contribution in [3.05, 3.63) is 58.6 Å². The summed E-state index contributed by atoms with van der Waals surface area (Å²) in [5.74, 6) is -0.829. The number of carbonyl (C=O) groups is 3. The number of hydrogen-bond donors (Lipinski definition) is 2. The standard InChI is InChI=1S/C18H17ClN2O4/c1-11(22)12-3-6-14(7-4-12)21-17(23)10-20-16-9-13(18(24)25-2)5-8-15(16)19/h3-9,20H,10H2,1-2H3,(H,21,23). The molecule has 7 heteroatoms. The first kappa shape index (κ1) is 18.5. The summed E-state index contributed by atoms with van der Waals surface area (Å²) < 4.78 is 4.65. The largest absolute Gasteiger partial charge is 0.465 e. The molecular weight excluding hydrogens is 344 g/mol. The van der Waals surface area contributed by atoms with Crippen molar-refractivity contribution < 1.29 is 19.1 Å². The molecule has 0 aromatic heterocycles. The van der Waals surface area contributed by atoms with Crippen molar-refractivity contribution in [2.75, 3.05) is 24.3 Å². The number of ketones is 1. The molecule has 2 rings (SSSR count). The van der Waals surface area contributed by atoms with Crippen LogP contribution in [0.5, 0.6) is 0 Å². The average molecular weight is 361 g/mol. The predicted molar refractivity (Wildman–Crippen MR) is 96.4 cm³/mol. The Balaban J connectivity index is 1.97. The van der Waals surface area contributed by atoms with Gasteiger partial charge in [-0.05, 0) is 49.4 Å². The minimum absolute atomic E-state index is 0.0420. The Labute approximate surface area is 150 Å². The molecule has 0 saturated heterocycles. The van der Waals surface area contributed by atoms with Gasteiger partial charge in [-0.3, -0.25) is 9.59 Å². The van der Waals surface area contributed by atoms with Crippen LogP contribution >= 0.6 is 11.6 Å². The second-order valence-corrected chi connectivity index (χ2v) is 5.63. The molecule has 0 heterocycles. The fourth-order valence-electron chi connectivity index (χ4n) is 2.07. The van der Waals surface area contributed by atoms with E-state index in [2.05, 4.69) is 15.4 Å². The van der Waals surface area contributed by atoms with Gasteiger partial charge in [0.15, 0.2) is 5.78 Å². The first-order chi connectivity index (χ1) is 11.9. The summed E-state index contributed by atoms with van der Waals surface area (Å²) in [5, 5.41) is 5.96. The molecule has 130 valence electrons. The van der Waals surface area contributed by atoms with E-state index in [9.17, 15) is 14.4 Å². The number of hydrogen-bond acceptors (Lipinski definition) is 5. The number of benzene rings is 2. The molecule has 1 amide bonds. The lowest BCUT2D eigenvalue weighted by Crippen LogP contribution is -2.22. The van der Waals surface area contributed by atoms with Crippen molar-refractivity contribution in [1.82, 2.24) is 0 Å². The Morgan fingerprint density at radius 2 is 1.68 bits per heavy atom. The Bertz CT molecular complexity index is 803. The molecule has 0 saturated carbocycles. The van der Waals surface area contributed by atoms with Crippen LogP contribution in [0.3, 0.4) is 0 Å². The topological polar surface area (TPSA) is 84.5 Å². The van der Waals surface area contributed by atoms with E-state index in [0.717, 1.165) is 0 Å². The van der Waals surface area contributed by atoms with Gasteiger partial charge in [0, 0.05) is 11.3 Å². The molecule has 0 aliphatic heterocycles. The van der Waals surface area contributed by atoms with Crippen LogP contribution in [-0.4, -0.2) is 31.3 Å². The van der Waals surface area contributed by atoms with Crippen LogP contribution < -0.4 is 10.6 Å². The zero-order valence-corrected chi connectivity index (χ0v) is 14.5. The molecule has 0 radical (unpaired) electrons. The smallest absolute Gasteiger partial charge is 0.337 e. The number of rotatable bonds is 6. The van der Waals surface area contributed by atoms with Crippen LogP contribution in [0, 0.1) is 0 Å². The molecule has 6 nitrogen and oxygen atoms in total. The van der Waals surface area contributed by atoms with E-state index in [4.69, 9.17) is 11.6 Å². The molecule has 0 spiro atoms. The zero-order chi connectivity index (χ0) is 18.4. The van der Waals surface area contributed by atoms with Gasteiger partial charge in [0.05, 0.1) is 29.9 Å². The first-order valence-corrected chi connectivity index (χ1v) is 7.81. The van der Waals surface area contributed by atoms with Crippen LogP contribution in [0.1, 0.15) is 27.6 Å². The summed E-state index contributed by atoms with van der Waals surface area (Å²) in [5.41, 5.74) is 1.93. The number of esters is 1. The van der Waals surface area contributed by atoms with Gasteiger partial charge in [-0.1, -0.05) is 11.6 Å². The predicted octanol–water partition coefficient (Wildman–Crippen LogP) is 3.38. The maximum Gasteiger partial charge on any atom is 0.337 e. The zero-order valence-electron chi connectivity index (χ0n) is 13.8. The van der Waals surface area contributed by atoms with Gasteiger partial charge < -0.3 is 15.4 Å². The highest BCUT2D eigenvalue weighted by Gasteiger charge is 2.10. The highest BCUT2D eigenvalue weighted by atomic mass is 35.5. The molecule has 25 heavy (non-hydrogen) atoms. The van der Waals surface area contributed by atoms with Crippen molar-refractivity contribution in [3.63, 3.8) is 0 Å². The number of carbonyl (C=O) groups excluding carboxylic acids is 3. The van der Waals surface area contributed by atoms with Gasteiger partial charge in [0.2, 0.25) is 5.91 Å². The quantitative estimate of drug-likeness (QED) is 0.609. The van der Waals surface area contributed by atoms with Crippen molar-refractivity contribution in [3.8, 4) is 0 Å². The molecule has 0 bridgehead atoms. The third-order valence-electron chi connectivity index (χ3n) is 3.40. The number of amides is 1. The van der Waals surface area contributed by atoms with Crippen LogP contribution in [0.25, 0.3) is 0 Å². The number of ether oxygens (including phenoxy) is 1. The Morgan fingerprint density at radius 1 is 1.04 bits per heavy atom. The van der Waals surface area contributed by atoms with Crippen LogP contribution in [0.15, 0.2) is 42.5 Å². The third kappa shape index (κ3) is 5.06. The van der Waals surface area contributed by atoms with Crippen LogP contribution in [0.2, 0.25) is 5.02 Å². The van der Waals surface area contributed by atoms with Crippen LogP contribution in [0.4, 0.5) is 11.4 Å². The molecule has 0 aliphatic carbocycles. The molecule has 0 unspecified atom stereocenters. The van der Waals surface area contributed by atoms with Gasteiger partial charge in [-0.2, -0.15) is 0 Å². The van der Waals surface area contributed by atoms with E-state index in [1.165, 1.54) is 26.2 Å². The number of halogens is 1. The maximum absolute atomic E-state index is 12.0. The van der Waals surface area contributed by atoms with Gasteiger partial charge >= 0.3 is 5.97 Å². The van der Waals surface area contributed by atoms with Crippen molar-refractivity contribution in [2.45, 2.75) is 6.92 Å². The summed E-state index contributed by atoms with van der Waals surface area (Å²) in [7, 11) is 1.29. The lowest BCUT2D eigenvalue weighted by Gasteiger charge is -2.10. The first-order valence-electron chi connectivity index (χ1n) is 7.43. The van der Waals surface area contributed by atoms with E-state index >= 15 is 0 Å². The van der Waals surface area contributed by atoms with E-state index in [0.29, 0.717) is 27.5 Å². The average Bonchev–Trinajstić information content (AvgIpc) is 2.60. The highest BCUT2D eigenvalue weighted by molar-refractivity contribution is 6.33. The molecule has 2 aromatic rings. The SMILES string of the molecule is COC(=O)c1ccc(Cl)c(NCC(=O)Nc2ccc(C(C)=O)cc2)c1. The molecular formula is C18H17ClN2O4. The molecule has 2 N–H and O–H groups in total.